The maximum Gasteiger partial charge on any atom is 0.550 e. The van der Waals surface area contributed by atoms with Crippen molar-refractivity contribution in [3.63, 3.8) is 0 Å². The highest BCUT2D eigenvalue weighted by molar-refractivity contribution is 7.48. The standard InChI is InChI=1S/C12H22ClN2O4P/c1-5-17-20(16,18-6-2)19-15-10-8-12(3,4)7-9(14)11(10)13/h5-8,14H2,1-4H3/b15-10-. The average molecular weight is 325 g/mol. The van der Waals surface area contributed by atoms with Crippen molar-refractivity contribution in [2.24, 2.45) is 16.3 Å². The first kappa shape index (κ1) is 17.5. The van der Waals surface area contributed by atoms with Crippen molar-refractivity contribution in [3.05, 3.63) is 10.7 Å². The van der Waals surface area contributed by atoms with Crippen LogP contribution >= 0.6 is 19.4 Å². The molecule has 0 radical (unpaired) electrons. The largest absolute Gasteiger partial charge is 0.550 e. The highest BCUT2D eigenvalue weighted by atomic mass is 35.5. The lowest BCUT2D eigenvalue weighted by atomic mass is 9.78. The summed E-state index contributed by atoms with van der Waals surface area (Å²) in [6.07, 6.45) is 1.25. The first-order valence-corrected chi connectivity index (χ1v) is 8.36. The second-order valence-corrected chi connectivity index (χ2v) is 7.21. The van der Waals surface area contributed by atoms with Gasteiger partial charge in [0, 0.05) is 12.1 Å². The van der Waals surface area contributed by atoms with E-state index in [1.165, 1.54) is 0 Å². The Labute approximate surface area is 124 Å². The Morgan fingerprint density at radius 2 is 1.85 bits per heavy atom. The van der Waals surface area contributed by atoms with Gasteiger partial charge in [0.15, 0.2) is 0 Å². The van der Waals surface area contributed by atoms with Crippen molar-refractivity contribution in [2.75, 3.05) is 13.2 Å². The van der Waals surface area contributed by atoms with Gasteiger partial charge in [-0.2, -0.15) is 0 Å². The fourth-order valence-corrected chi connectivity index (χ4v) is 3.11. The Morgan fingerprint density at radius 1 is 1.30 bits per heavy atom. The Hall–Kier alpha value is -0.550. The minimum atomic E-state index is -3.68. The van der Waals surface area contributed by atoms with E-state index < -0.39 is 7.82 Å². The Kier molecular flexibility index (Phi) is 6.07. The monoisotopic (exact) mass is 324 g/mol. The summed E-state index contributed by atoms with van der Waals surface area (Å²) < 4.78 is 27.1. The molecule has 0 spiro atoms. The van der Waals surface area contributed by atoms with Crippen LogP contribution in [0.4, 0.5) is 0 Å². The van der Waals surface area contributed by atoms with Gasteiger partial charge in [-0.05, 0) is 25.7 Å². The third-order valence-electron chi connectivity index (χ3n) is 2.68. The summed E-state index contributed by atoms with van der Waals surface area (Å²) in [5, 5.41) is 4.20. The second kappa shape index (κ2) is 6.94. The zero-order valence-corrected chi connectivity index (χ0v) is 14.0. The number of nitrogens with zero attached hydrogens (tertiary/aromatic N) is 1. The van der Waals surface area contributed by atoms with E-state index in [4.69, 9.17) is 31.0 Å². The van der Waals surface area contributed by atoms with Gasteiger partial charge >= 0.3 is 7.82 Å². The number of halogens is 1. The van der Waals surface area contributed by atoms with Gasteiger partial charge in [0.05, 0.1) is 18.2 Å². The van der Waals surface area contributed by atoms with Gasteiger partial charge in [-0.15, -0.1) is 0 Å². The molecule has 0 unspecified atom stereocenters. The van der Waals surface area contributed by atoms with E-state index >= 15 is 0 Å². The van der Waals surface area contributed by atoms with Crippen molar-refractivity contribution >= 4 is 25.1 Å². The normalized spacial score (nSPS) is 21.4. The van der Waals surface area contributed by atoms with Crippen LogP contribution in [0.2, 0.25) is 0 Å². The number of rotatable bonds is 6. The molecule has 0 atom stereocenters. The van der Waals surface area contributed by atoms with Crippen LogP contribution in [0, 0.1) is 5.41 Å². The third kappa shape index (κ3) is 4.77. The van der Waals surface area contributed by atoms with E-state index in [2.05, 4.69) is 5.16 Å². The van der Waals surface area contributed by atoms with Crippen LogP contribution in [0.1, 0.15) is 40.5 Å². The summed E-state index contributed by atoms with van der Waals surface area (Å²) in [5.74, 6) is 0. The quantitative estimate of drug-likeness (QED) is 0.594. The minimum Gasteiger partial charge on any atom is -0.401 e. The number of hydrogen-bond acceptors (Lipinski definition) is 6. The van der Waals surface area contributed by atoms with Gasteiger partial charge in [0.25, 0.3) is 0 Å². The molecule has 8 heteroatoms. The van der Waals surface area contributed by atoms with Crippen LogP contribution in [-0.4, -0.2) is 18.9 Å². The van der Waals surface area contributed by atoms with Crippen molar-refractivity contribution in [1.82, 2.24) is 0 Å². The molecule has 0 aromatic carbocycles. The smallest absolute Gasteiger partial charge is 0.401 e. The SMILES string of the molecule is CCOP(=O)(OCC)O/N=C1/CC(C)(C)CC(N)=C1Cl. The molecule has 0 saturated carbocycles. The Balaban J connectivity index is 2.92. The number of nitrogens with two attached hydrogens (primary N) is 1. The van der Waals surface area contributed by atoms with Crippen LogP contribution in [0.5, 0.6) is 0 Å². The first-order valence-electron chi connectivity index (χ1n) is 6.52. The second-order valence-electron chi connectivity index (χ2n) is 5.26. The molecular weight excluding hydrogens is 303 g/mol. The van der Waals surface area contributed by atoms with Crippen molar-refractivity contribution in [1.29, 1.82) is 0 Å². The molecular formula is C12H22ClN2O4P. The van der Waals surface area contributed by atoms with Gasteiger partial charge in [0.2, 0.25) is 0 Å². The molecule has 0 aromatic heterocycles. The molecule has 6 nitrogen and oxygen atoms in total. The van der Waals surface area contributed by atoms with E-state index in [1.807, 2.05) is 13.8 Å². The molecule has 2 N–H and O–H groups in total. The van der Waals surface area contributed by atoms with Gasteiger partial charge in [-0.3, -0.25) is 13.7 Å². The molecule has 0 bridgehead atoms. The minimum absolute atomic E-state index is 0.0775. The topological polar surface area (TPSA) is 83.1 Å². The summed E-state index contributed by atoms with van der Waals surface area (Å²) in [4.78, 5) is 0. The Bertz CT molecular complexity index is 452. The number of hydrogen-bond donors (Lipinski definition) is 1. The van der Waals surface area contributed by atoms with Crippen molar-refractivity contribution in [2.45, 2.75) is 40.5 Å². The zero-order valence-electron chi connectivity index (χ0n) is 12.3. The fourth-order valence-electron chi connectivity index (χ4n) is 1.94. The number of phosphoric ester groups is 1. The molecule has 116 valence electrons. The lowest BCUT2D eigenvalue weighted by Gasteiger charge is -2.30. The molecule has 20 heavy (non-hydrogen) atoms. The highest BCUT2D eigenvalue weighted by Crippen LogP contribution is 2.50. The lowest BCUT2D eigenvalue weighted by Crippen LogP contribution is -2.27. The molecule has 0 aliphatic heterocycles. The van der Waals surface area contributed by atoms with Gasteiger partial charge < -0.3 is 5.73 Å². The predicted octanol–water partition coefficient (Wildman–Crippen LogP) is 3.77. The average Bonchev–Trinajstić information content (AvgIpc) is 2.32. The van der Waals surface area contributed by atoms with E-state index in [0.717, 1.165) is 0 Å². The molecule has 0 saturated heterocycles. The lowest BCUT2D eigenvalue weighted by molar-refractivity contribution is 0.124. The van der Waals surface area contributed by atoms with Gasteiger partial charge in [0.1, 0.15) is 5.71 Å². The third-order valence-corrected chi connectivity index (χ3v) is 4.57. The molecule has 0 heterocycles. The summed E-state index contributed by atoms with van der Waals surface area (Å²) in [6.45, 7) is 7.86. The van der Waals surface area contributed by atoms with Crippen LogP contribution in [0.25, 0.3) is 0 Å². The van der Waals surface area contributed by atoms with Crippen LogP contribution in [0.3, 0.4) is 0 Å². The first-order chi connectivity index (χ1) is 9.23. The highest BCUT2D eigenvalue weighted by Gasteiger charge is 2.32. The summed E-state index contributed by atoms with van der Waals surface area (Å²) >= 11 is 6.12. The zero-order chi connectivity index (χ0) is 15.4. The molecule has 0 aromatic rings. The predicted molar refractivity (Wildman–Crippen MR) is 79.5 cm³/mol. The number of oxime groups is 1. The molecule has 0 amide bonds. The molecule has 1 aliphatic rings. The summed E-state index contributed by atoms with van der Waals surface area (Å²) in [6, 6.07) is 0. The summed E-state index contributed by atoms with van der Waals surface area (Å²) in [7, 11) is -3.68. The summed E-state index contributed by atoms with van der Waals surface area (Å²) in [5.41, 5.74) is 6.81. The fraction of sp³-hybridized carbons (Fsp3) is 0.750. The van der Waals surface area contributed by atoms with E-state index in [-0.39, 0.29) is 18.6 Å². The van der Waals surface area contributed by atoms with E-state index in [1.54, 1.807) is 13.8 Å². The molecule has 1 rings (SSSR count). The van der Waals surface area contributed by atoms with Crippen LogP contribution in [-0.2, 0) is 18.2 Å². The van der Waals surface area contributed by atoms with Crippen molar-refractivity contribution in [3.8, 4) is 0 Å². The Morgan fingerprint density at radius 3 is 2.35 bits per heavy atom. The van der Waals surface area contributed by atoms with E-state index in [9.17, 15) is 4.57 Å². The molecule has 1 aliphatic carbocycles. The van der Waals surface area contributed by atoms with Crippen molar-refractivity contribution < 1.29 is 18.2 Å². The van der Waals surface area contributed by atoms with E-state index in [0.29, 0.717) is 29.3 Å². The maximum absolute atomic E-state index is 12.1. The van der Waals surface area contributed by atoms with Crippen LogP contribution < -0.4 is 5.73 Å². The number of allylic oxidation sites excluding steroid dienone is 2. The number of phosphoric acid groups is 1. The maximum atomic E-state index is 12.1. The van der Waals surface area contributed by atoms with Gasteiger partial charge in [-0.25, -0.2) is 4.57 Å². The van der Waals surface area contributed by atoms with Crippen LogP contribution in [0.15, 0.2) is 15.9 Å². The van der Waals surface area contributed by atoms with Gasteiger partial charge in [-0.1, -0.05) is 30.6 Å². The molecule has 0 fully saturated rings.